The minimum atomic E-state index is -0.566. The van der Waals surface area contributed by atoms with Gasteiger partial charge < -0.3 is 15.2 Å². The van der Waals surface area contributed by atoms with Crippen molar-refractivity contribution in [3.8, 4) is 11.5 Å². The van der Waals surface area contributed by atoms with E-state index in [4.69, 9.17) is 4.74 Å². The Bertz CT molecular complexity index is 1400. The summed E-state index contributed by atoms with van der Waals surface area (Å²) in [6.45, 7) is 6.51. The second-order valence-electron chi connectivity index (χ2n) is 11.0. The van der Waals surface area contributed by atoms with Gasteiger partial charge in [-0.05, 0) is 42.2 Å². The van der Waals surface area contributed by atoms with Gasteiger partial charge in [-0.3, -0.25) is 4.79 Å². The van der Waals surface area contributed by atoms with E-state index in [-0.39, 0.29) is 16.6 Å². The predicted molar refractivity (Wildman–Crippen MR) is 160 cm³/mol. The number of ether oxygens (including phenoxy) is 1. The maximum Gasteiger partial charge on any atom is 0.225 e. The van der Waals surface area contributed by atoms with Gasteiger partial charge in [-0.1, -0.05) is 99.6 Å². The molecule has 1 amide bonds. The van der Waals surface area contributed by atoms with E-state index in [1.165, 1.54) is 0 Å². The SMILES string of the molecule is CC(C)(C)Sc1cccc(CCC(O)c2ccccc2)c1NC(=O)CC1c2ccccc2Oc2ccccc21. The van der Waals surface area contributed by atoms with E-state index in [2.05, 4.69) is 38.2 Å². The van der Waals surface area contributed by atoms with Crippen LogP contribution in [0, 0.1) is 0 Å². The average molecular weight is 538 g/mol. The highest BCUT2D eigenvalue weighted by Gasteiger charge is 2.29. The van der Waals surface area contributed by atoms with E-state index in [1.54, 1.807) is 11.8 Å². The Morgan fingerprint density at radius 2 is 1.49 bits per heavy atom. The first-order chi connectivity index (χ1) is 18.8. The molecule has 0 spiro atoms. The first-order valence-corrected chi connectivity index (χ1v) is 14.3. The summed E-state index contributed by atoms with van der Waals surface area (Å²) in [5, 5.41) is 14.1. The summed E-state index contributed by atoms with van der Waals surface area (Å²) in [7, 11) is 0. The Morgan fingerprint density at radius 1 is 0.872 bits per heavy atom. The molecule has 5 rings (SSSR count). The van der Waals surface area contributed by atoms with Crippen molar-refractivity contribution in [2.75, 3.05) is 5.32 Å². The number of benzene rings is 4. The van der Waals surface area contributed by atoms with Gasteiger partial charge in [0.05, 0.1) is 11.8 Å². The number of thioether (sulfide) groups is 1. The van der Waals surface area contributed by atoms with Crippen molar-refractivity contribution < 1.29 is 14.6 Å². The van der Waals surface area contributed by atoms with E-state index >= 15 is 0 Å². The number of anilines is 1. The van der Waals surface area contributed by atoms with Crippen LogP contribution in [0.2, 0.25) is 0 Å². The van der Waals surface area contributed by atoms with Gasteiger partial charge in [-0.15, -0.1) is 11.8 Å². The maximum absolute atomic E-state index is 13.7. The second-order valence-corrected chi connectivity index (χ2v) is 12.8. The molecule has 0 radical (unpaired) electrons. The fourth-order valence-corrected chi connectivity index (χ4v) is 6.17. The molecule has 1 aliphatic rings. The number of aliphatic hydroxyl groups is 1. The van der Waals surface area contributed by atoms with E-state index in [0.29, 0.717) is 19.3 Å². The van der Waals surface area contributed by atoms with Crippen LogP contribution in [0.5, 0.6) is 11.5 Å². The fourth-order valence-electron chi connectivity index (χ4n) is 5.08. The second kappa shape index (κ2) is 11.7. The van der Waals surface area contributed by atoms with Crippen molar-refractivity contribution in [1.82, 2.24) is 0 Å². The summed E-state index contributed by atoms with van der Waals surface area (Å²) in [5.74, 6) is 1.46. The van der Waals surface area contributed by atoms with Gasteiger partial charge in [-0.2, -0.15) is 0 Å². The van der Waals surface area contributed by atoms with Gasteiger partial charge in [0.2, 0.25) is 5.91 Å². The van der Waals surface area contributed by atoms with Gasteiger partial charge in [0, 0.05) is 33.1 Å². The molecular weight excluding hydrogens is 502 g/mol. The van der Waals surface area contributed by atoms with Crippen LogP contribution in [0.1, 0.15) is 67.9 Å². The van der Waals surface area contributed by atoms with Crippen LogP contribution in [0.25, 0.3) is 0 Å². The lowest BCUT2D eigenvalue weighted by atomic mass is 9.85. The molecule has 1 atom stereocenters. The molecule has 0 aliphatic carbocycles. The van der Waals surface area contributed by atoms with Crippen molar-refractivity contribution in [3.05, 3.63) is 119 Å². The molecule has 4 aromatic carbocycles. The smallest absolute Gasteiger partial charge is 0.225 e. The van der Waals surface area contributed by atoms with E-state index in [0.717, 1.165) is 44.3 Å². The Kier molecular flexibility index (Phi) is 8.10. The number of hydrogen-bond acceptors (Lipinski definition) is 4. The molecule has 4 nitrogen and oxygen atoms in total. The van der Waals surface area contributed by atoms with Crippen molar-refractivity contribution in [2.24, 2.45) is 0 Å². The number of carbonyl (C=O) groups is 1. The lowest BCUT2D eigenvalue weighted by Crippen LogP contribution is -2.20. The van der Waals surface area contributed by atoms with Crippen LogP contribution in [0.4, 0.5) is 5.69 Å². The van der Waals surface area contributed by atoms with Gasteiger partial charge in [-0.25, -0.2) is 0 Å². The molecule has 0 aromatic heterocycles. The van der Waals surface area contributed by atoms with Gasteiger partial charge >= 0.3 is 0 Å². The number of carbonyl (C=O) groups excluding carboxylic acids is 1. The number of aliphatic hydroxyl groups excluding tert-OH is 1. The third-order valence-corrected chi connectivity index (χ3v) is 8.04. The van der Waals surface area contributed by atoms with Crippen LogP contribution in [0.15, 0.2) is 102 Å². The Labute approximate surface area is 235 Å². The van der Waals surface area contributed by atoms with E-state index in [9.17, 15) is 9.90 Å². The van der Waals surface area contributed by atoms with Crippen molar-refractivity contribution >= 4 is 23.4 Å². The average Bonchev–Trinajstić information content (AvgIpc) is 2.92. The zero-order chi connectivity index (χ0) is 27.4. The topological polar surface area (TPSA) is 58.6 Å². The minimum absolute atomic E-state index is 0.0275. The highest BCUT2D eigenvalue weighted by Crippen LogP contribution is 2.46. The normalized spacial score (nSPS) is 13.6. The van der Waals surface area contributed by atoms with Crippen LogP contribution >= 0.6 is 11.8 Å². The zero-order valence-corrected chi connectivity index (χ0v) is 23.5. The standard InChI is InChI=1S/C34H35NO3S/c1-34(2,3)39-31-19-11-14-24(20-21-28(36)23-12-5-4-6-13-23)33(31)35-32(37)22-27-25-15-7-9-17-29(25)38-30-18-10-8-16-26(27)30/h4-19,27-28,36H,20-22H2,1-3H3,(H,35,37). The molecule has 0 fully saturated rings. The fraction of sp³-hybridized carbons (Fsp3) is 0.265. The molecule has 0 saturated heterocycles. The number of fused-ring (bicyclic) bond motifs is 2. The Balaban J connectivity index is 1.41. The largest absolute Gasteiger partial charge is 0.457 e. The molecular formula is C34H35NO3S. The highest BCUT2D eigenvalue weighted by molar-refractivity contribution is 8.00. The van der Waals surface area contributed by atoms with Crippen molar-refractivity contribution in [2.45, 2.75) is 61.7 Å². The number of hydrogen-bond donors (Lipinski definition) is 2. The summed E-state index contributed by atoms with van der Waals surface area (Å²) in [5.41, 5.74) is 4.82. The molecule has 5 heteroatoms. The molecule has 1 aliphatic heterocycles. The molecule has 2 N–H and O–H groups in total. The lowest BCUT2D eigenvalue weighted by molar-refractivity contribution is -0.116. The molecule has 200 valence electrons. The minimum Gasteiger partial charge on any atom is -0.457 e. The number of amides is 1. The van der Waals surface area contributed by atoms with Gasteiger partial charge in [0.15, 0.2) is 0 Å². The van der Waals surface area contributed by atoms with Crippen LogP contribution in [-0.2, 0) is 11.2 Å². The summed E-state index contributed by atoms with van der Waals surface area (Å²) in [4.78, 5) is 14.8. The number of para-hydroxylation sites is 3. The third-order valence-electron chi connectivity index (χ3n) is 6.86. The summed E-state index contributed by atoms with van der Waals surface area (Å²) < 4.78 is 6.11. The Morgan fingerprint density at radius 3 is 2.13 bits per heavy atom. The third kappa shape index (κ3) is 6.55. The number of nitrogens with one attached hydrogen (secondary N) is 1. The van der Waals surface area contributed by atoms with Crippen molar-refractivity contribution in [3.63, 3.8) is 0 Å². The molecule has 1 heterocycles. The highest BCUT2D eigenvalue weighted by atomic mass is 32.2. The quantitative estimate of drug-likeness (QED) is 0.221. The first kappa shape index (κ1) is 27.0. The maximum atomic E-state index is 13.7. The molecule has 0 bridgehead atoms. The molecule has 1 unspecified atom stereocenters. The van der Waals surface area contributed by atoms with Gasteiger partial charge in [0.25, 0.3) is 0 Å². The zero-order valence-electron chi connectivity index (χ0n) is 22.7. The molecule has 0 saturated carbocycles. The van der Waals surface area contributed by atoms with Crippen molar-refractivity contribution in [1.29, 1.82) is 0 Å². The van der Waals surface area contributed by atoms with E-state index in [1.807, 2.05) is 84.9 Å². The summed E-state index contributed by atoms with van der Waals surface area (Å²) >= 11 is 1.74. The van der Waals surface area contributed by atoms with Crippen LogP contribution in [0.3, 0.4) is 0 Å². The molecule has 39 heavy (non-hydrogen) atoms. The summed E-state index contributed by atoms with van der Waals surface area (Å²) in [6.07, 6.45) is 0.950. The number of rotatable bonds is 8. The first-order valence-electron chi connectivity index (χ1n) is 13.5. The predicted octanol–water partition coefficient (Wildman–Crippen LogP) is 8.51. The van der Waals surface area contributed by atoms with Gasteiger partial charge in [0.1, 0.15) is 11.5 Å². The van der Waals surface area contributed by atoms with Crippen LogP contribution in [-0.4, -0.2) is 15.8 Å². The number of aryl methyl sites for hydroxylation is 1. The Hall–Kier alpha value is -3.54. The lowest BCUT2D eigenvalue weighted by Gasteiger charge is -2.28. The summed E-state index contributed by atoms with van der Waals surface area (Å²) in [6, 6.07) is 31.8. The van der Waals surface area contributed by atoms with E-state index < -0.39 is 6.10 Å². The van der Waals surface area contributed by atoms with Crippen LogP contribution < -0.4 is 10.1 Å². The monoisotopic (exact) mass is 537 g/mol. The molecule has 4 aromatic rings.